The van der Waals surface area contributed by atoms with Gasteiger partial charge in [0.15, 0.2) is 0 Å². The molecular weight excluding hydrogens is 224 g/mol. The molecule has 3 N–H and O–H groups in total. The lowest BCUT2D eigenvalue weighted by atomic mass is 10.2. The Bertz CT molecular complexity index is 354. The number of aromatic amines is 1. The summed E-state index contributed by atoms with van der Waals surface area (Å²) in [5, 5.41) is 14.5. The Kier molecular flexibility index (Phi) is 4.78. The first-order valence-corrected chi connectivity index (χ1v) is 7.13. The number of nitrogens with zero attached hydrogens (tertiary/aromatic N) is 1. The molecule has 0 saturated heterocycles. The molecule has 1 aromatic rings. The summed E-state index contributed by atoms with van der Waals surface area (Å²) in [5.41, 5.74) is 2.45. The van der Waals surface area contributed by atoms with E-state index in [2.05, 4.69) is 47.7 Å². The SMILES string of the molecule is CC(C)CNCC(C)NCc1cc(C2CC2)n[nH]1. The van der Waals surface area contributed by atoms with Gasteiger partial charge in [0, 0.05) is 30.7 Å². The standard InChI is InChI=1S/C14H26N4/c1-10(2)7-15-8-11(3)16-9-13-6-14(18-17-13)12-4-5-12/h6,10-12,15-16H,4-5,7-9H2,1-3H3,(H,17,18). The molecule has 1 aromatic heterocycles. The molecule has 0 aliphatic heterocycles. The van der Waals surface area contributed by atoms with Crippen molar-refractivity contribution in [2.45, 2.75) is 52.1 Å². The molecule has 1 fully saturated rings. The van der Waals surface area contributed by atoms with Gasteiger partial charge >= 0.3 is 0 Å². The smallest absolute Gasteiger partial charge is 0.0656 e. The van der Waals surface area contributed by atoms with Gasteiger partial charge in [-0.15, -0.1) is 0 Å². The first-order valence-electron chi connectivity index (χ1n) is 7.13. The zero-order valence-corrected chi connectivity index (χ0v) is 11.8. The summed E-state index contributed by atoms with van der Waals surface area (Å²) in [4.78, 5) is 0. The van der Waals surface area contributed by atoms with Crippen LogP contribution in [0.2, 0.25) is 0 Å². The first kappa shape index (κ1) is 13.6. The number of nitrogens with one attached hydrogen (secondary N) is 3. The molecular formula is C14H26N4. The predicted octanol–water partition coefficient (Wildman–Crippen LogP) is 2.01. The van der Waals surface area contributed by atoms with Crippen molar-refractivity contribution in [1.29, 1.82) is 0 Å². The third-order valence-electron chi connectivity index (χ3n) is 3.29. The Morgan fingerprint density at radius 2 is 2.11 bits per heavy atom. The summed E-state index contributed by atoms with van der Waals surface area (Å²) in [6.45, 7) is 9.66. The fraction of sp³-hybridized carbons (Fsp3) is 0.786. The molecule has 0 amide bonds. The van der Waals surface area contributed by atoms with E-state index < -0.39 is 0 Å². The van der Waals surface area contributed by atoms with Crippen LogP contribution in [0.1, 0.15) is 50.9 Å². The maximum absolute atomic E-state index is 4.36. The van der Waals surface area contributed by atoms with Crippen molar-refractivity contribution in [3.05, 3.63) is 17.5 Å². The maximum atomic E-state index is 4.36. The van der Waals surface area contributed by atoms with Gasteiger partial charge in [-0.2, -0.15) is 5.10 Å². The van der Waals surface area contributed by atoms with Gasteiger partial charge in [0.2, 0.25) is 0 Å². The lowest BCUT2D eigenvalue weighted by Crippen LogP contribution is -2.37. The zero-order valence-electron chi connectivity index (χ0n) is 11.8. The van der Waals surface area contributed by atoms with Gasteiger partial charge in [-0.05, 0) is 38.3 Å². The normalized spacial score (nSPS) is 17.3. The molecule has 1 unspecified atom stereocenters. The van der Waals surface area contributed by atoms with E-state index in [1.165, 1.54) is 24.2 Å². The van der Waals surface area contributed by atoms with Gasteiger partial charge in [-0.3, -0.25) is 5.10 Å². The summed E-state index contributed by atoms with van der Waals surface area (Å²) in [6.07, 6.45) is 2.63. The van der Waals surface area contributed by atoms with Crippen LogP contribution in [0.25, 0.3) is 0 Å². The minimum atomic E-state index is 0.483. The van der Waals surface area contributed by atoms with Gasteiger partial charge in [0.05, 0.1) is 5.69 Å². The molecule has 4 nitrogen and oxygen atoms in total. The fourth-order valence-corrected chi connectivity index (χ4v) is 2.00. The van der Waals surface area contributed by atoms with Crippen molar-refractivity contribution in [1.82, 2.24) is 20.8 Å². The van der Waals surface area contributed by atoms with Crippen molar-refractivity contribution in [2.75, 3.05) is 13.1 Å². The summed E-state index contributed by atoms with van der Waals surface area (Å²) in [6, 6.07) is 2.69. The predicted molar refractivity (Wildman–Crippen MR) is 74.6 cm³/mol. The number of H-pyrrole nitrogens is 1. The van der Waals surface area contributed by atoms with Crippen molar-refractivity contribution >= 4 is 0 Å². The highest BCUT2D eigenvalue weighted by molar-refractivity contribution is 5.17. The van der Waals surface area contributed by atoms with Gasteiger partial charge in [0.25, 0.3) is 0 Å². The quantitative estimate of drug-likeness (QED) is 0.661. The summed E-state index contributed by atoms with van der Waals surface area (Å²) in [7, 11) is 0. The Balaban J connectivity index is 1.63. The van der Waals surface area contributed by atoms with E-state index in [1.54, 1.807) is 0 Å². The molecule has 1 atom stereocenters. The zero-order chi connectivity index (χ0) is 13.0. The van der Waals surface area contributed by atoms with E-state index >= 15 is 0 Å². The van der Waals surface area contributed by atoms with Crippen LogP contribution in [-0.4, -0.2) is 29.3 Å². The summed E-state index contributed by atoms with van der Waals surface area (Å²) >= 11 is 0. The number of rotatable bonds is 8. The van der Waals surface area contributed by atoms with Crippen molar-refractivity contribution in [3.8, 4) is 0 Å². The molecule has 2 rings (SSSR count). The lowest BCUT2D eigenvalue weighted by Gasteiger charge is -2.15. The van der Waals surface area contributed by atoms with Crippen LogP contribution < -0.4 is 10.6 Å². The van der Waals surface area contributed by atoms with E-state index in [-0.39, 0.29) is 0 Å². The molecule has 0 bridgehead atoms. The molecule has 1 aliphatic carbocycles. The average Bonchev–Trinajstić information content (AvgIpc) is 3.06. The Morgan fingerprint density at radius 1 is 1.33 bits per heavy atom. The van der Waals surface area contributed by atoms with Crippen molar-refractivity contribution in [3.63, 3.8) is 0 Å². The van der Waals surface area contributed by atoms with E-state index in [4.69, 9.17) is 0 Å². The second-order valence-electron chi connectivity index (χ2n) is 5.93. The number of hydrogen-bond acceptors (Lipinski definition) is 3. The molecule has 1 heterocycles. The minimum absolute atomic E-state index is 0.483. The highest BCUT2D eigenvalue weighted by Crippen LogP contribution is 2.38. The topological polar surface area (TPSA) is 52.7 Å². The highest BCUT2D eigenvalue weighted by Gasteiger charge is 2.25. The van der Waals surface area contributed by atoms with E-state index in [9.17, 15) is 0 Å². The van der Waals surface area contributed by atoms with Crippen LogP contribution in [0, 0.1) is 5.92 Å². The Labute approximate surface area is 110 Å². The molecule has 4 heteroatoms. The summed E-state index contributed by atoms with van der Waals surface area (Å²) in [5.74, 6) is 1.45. The third kappa shape index (κ3) is 4.42. The van der Waals surface area contributed by atoms with Gasteiger partial charge in [0.1, 0.15) is 0 Å². The highest BCUT2D eigenvalue weighted by atomic mass is 15.1. The maximum Gasteiger partial charge on any atom is 0.0656 e. The number of aromatic nitrogens is 2. The molecule has 0 aromatic carbocycles. The second kappa shape index (κ2) is 6.34. The third-order valence-corrected chi connectivity index (χ3v) is 3.29. The molecule has 0 spiro atoms. The Hall–Kier alpha value is -0.870. The van der Waals surface area contributed by atoms with Crippen LogP contribution in [-0.2, 0) is 6.54 Å². The average molecular weight is 250 g/mol. The lowest BCUT2D eigenvalue weighted by molar-refractivity contribution is 0.470. The van der Waals surface area contributed by atoms with E-state index in [0.717, 1.165) is 25.6 Å². The monoisotopic (exact) mass is 250 g/mol. The first-order chi connectivity index (χ1) is 8.65. The van der Waals surface area contributed by atoms with Crippen LogP contribution in [0.15, 0.2) is 6.07 Å². The van der Waals surface area contributed by atoms with Gasteiger partial charge < -0.3 is 10.6 Å². The van der Waals surface area contributed by atoms with E-state index in [0.29, 0.717) is 12.0 Å². The minimum Gasteiger partial charge on any atom is -0.315 e. The number of hydrogen-bond donors (Lipinski definition) is 3. The second-order valence-corrected chi connectivity index (χ2v) is 5.93. The largest absolute Gasteiger partial charge is 0.315 e. The van der Waals surface area contributed by atoms with Crippen LogP contribution >= 0.6 is 0 Å². The van der Waals surface area contributed by atoms with Gasteiger partial charge in [-0.25, -0.2) is 0 Å². The molecule has 0 radical (unpaired) electrons. The van der Waals surface area contributed by atoms with Crippen molar-refractivity contribution < 1.29 is 0 Å². The summed E-state index contributed by atoms with van der Waals surface area (Å²) < 4.78 is 0. The van der Waals surface area contributed by atoms with Crippen LogP contribution in [0.3, 0.4) is 0 Å². The fourth-order valence-electron chi connectivity index (χ4n) is 2.00. The molecule has 18 heavy (non-hydrogen) atoms. The molecule has 1 aliphatic rings. The van der Waals surface area contributed by atoms with Crippen molar-refractivity contribution in [2.24, 2.45) is 5.92 Å². The van der Waals surface area contributed by atoms with E-state index in [1.807, 2.05) is 0 Å². The van der Waals surface area contributed by atoms with Crippen LogP contribution in [0.5, 0.6) is 0 Å². The molecule has 102 valence electrons. The Morgan fingerprint density at radius 3 is 2.78 bits per heavy atom. The molecule has 1 saturated carbocycles. The van der Waals surface area contributed by atoms with Gasteiger partial charge in [-0.1, -0.05) is 13.8 Å². The van der Waals surface area contributed by atoms with Crippen LogP contribution in [0.4, 0.5) is 0 Å².